The van der Waals surface area contributed by atoms with Crippen LogP contribution in [-0.2, 0) is 10.0 Å². The molecule has 32 heavy (non-hydrogen) atoms. The standard InChI is InChI=1S/C22H19N5O4S/c1-14-7-10-16(11-8-14)23-21-22(25-19-6-4-3-5-18(19)24-21)26-32(30,31)20-13-17(27(28)29)12-9-15(20)2/h3-13H,1-2H3,(H,23,24)(H,25,26). The third-order valence-corrected chi connectivity index (χ3v) is 6.27. The number of nitro benzene ring substituents is 1. The number of nitrogens with one attached hydrogen (secondary N) is 2. The first-order chi connectivity index (χ1) is 15.2. The first-order valence-electron chi connectivity index (χ1n) is 9.61. The van der Waals surface area contributed by atoms with E-state index in [2.05, 4.69) is 20.0 Å². The molecule has 4 rings (SSSR count). The van der Waals surface area contributed by atoms with Gasteiger partial charge in [-0.2, -0.15) is 0 Å². The molecular weight excluding hydrogens is 430 g/mol. The van der Waals surface area contributed by atoms with E-state index < -0.39 is 14.9 Å². The zero-order chi connectivity index (χ0) is 22.9. The second-order valence-corrected chi connectivity index (χ2v) is 8.86. The smallest absolute Gasteiger partial charge is 0.270 e. The molecule has 0 atom stereocenters. The van der Waals surface area contributed by atoms with E-state index in [4.69, 9.17) is 0 Å². The van der Waals surface area contributed by atoms with Gasteiger partial charge in [0.25, 0.3) is 15.7 Å². The minimum atomic E-state index is -4.19. The molecule has 0 spiro atoms. The zero-order valence-corrected chi connectivity index (χ0v) is 18.1. The highest BCUT2D eigenvalue weighted by Gasteiger charge is 2.23. The Bertz CT molecular complexity index is 1440. The van der Waals surface area contributed by atoms with Gasteiger partial charge in [-0.3, -0.25) is 14.8 Å². The van der Waals surface area contributed by atoms with Crippen LogP contribution in [0.25, 0.3) is 11.0 Å². The number of aromatic nitrogens is 2. The largest absolute Gasteiger partial charge is 0.337 e. The zero-order valence-electron chi connectivity index (χ0n) is 17.2. The summed E-state index contributed by atoms with van der Waals surface area (Å²) >= 11 is 0. The summed E-state index contributed by atoms with van der Waals surface area (Å²) in [5.74, 6) is 0.189. The second-order valence-electron chi connectivity index (χ2n) is 7.21. The minimum absolute atomic E-state index is 0.0184. The molecule has 4 aromatic rings. The molecule has 2 N–H and O–H groups in total. The lowest BCUT2D eigenvalue weighted by molar-refractivity contribution is -0.385. The van der Waals surface area contributed by atoms with Crippen LogP contribution in [0, 0.1) is 24.0 Å². The fourth-order valence-corrected chi connectivity index (χ4v) is 4.38. The van der Waals surface area contributed by atoms with Crippen molar-refractivity contribution in [3.05, 3.63) is 88.0 Å². The first-order valence-corrected chi connectivity index (χ1v) is 11.1. The number of sulfonamides is 1. The van der Waals surface area contributed by atoms with Crippen molar-refractivity contribution in [1.29, 1.82) is 0 Å². The van der Waals surface area contributed by atoms with Crippen LogP contribution >= 0.6 is 0 Å². The van der Waals surface area contributed by atoms with E-state index in [0.29, 0.717) is 22.3 Å². The minimum Gasteiger partial charge on any atom is -0.337 e. The van der Waals surface area contributed by atoms with E-state index in [1.807, 2.05) is 37.3 Å². The number of aryl methyl sites for hydroxylation is 2. The monoisotopic (exact) mass is 449 g/mol. The molecule has 3 aromatic carbocycles. The number of anilines is 3. The number of rotatable bonds is 6. The number of non-ortho nitro benzene ring substituents is 1. The van der Waals surface area contributed by atoms with Gasteiger partial charge in [0.2, 0.25) is 0 Å². The fraction of sp³-hybridized carbons (Fsp3) is 0.0909. The van der Waals surface area contributed by atoms with E-state index >= 15 is 0 Å². The van der Waals surface area contributed by atoms with Gasteiger partial charge >= 0.3 is 0 Å². The van der Waals surface area contributed by atoms with Gasteiger partial charge in [-0.15, -0.1) is 0 Å². The van der Waals surface area contributed by atoms with Crippen molar-refractivity contribution in [2.45, 2.75) is 18.7 Å². The van der Waals surface area contributed by atoms with Crippen LogP contribution < -0.4 is 10.0 Å². The topological polar surface area (TPSA) is 127 Å². The highest BCUT2D eigenvalue weighted by Crippen LogP contribution is 2.29. The van der Waals surface area contributed by atoms with Gasteiger partial charge in [0.15, 0.2) is 11.6 Å². The molecule has 0 amide bonds. The van der Waals surface area contributed by atoms with Gasteiger partial charge < -0.3 is 5.32 Å². The van der Waals surface area contributed by atoms with Crippen LogP contribution in [0.2, 0.25) is 0 Å². The lowest BCUT2D eigenvalue weighted by Crippen LogP contribution is -2.17. The average molecular weight is 449 g/mol. The maximum Gasteiger partial charge on any atom is 0.270 e. The molecule has 0 bridgehead atoms. The molecule has 162 valence electrons. The summed E-state index contributed by atoms with van der Waals surface area (Å²) in [5.41, 5.74) is 2.89. The van der Waals surface area contributed by atoms with Crippen LogP contribution in [0.5, 0.6) is 0 Å². The Kier molecular flexibility index (Phi) is 5.45. The van der Waals surface area contributed by atoms with Crippen molar-refractivity contribution in [2.24, 2.45) is 0 Å². The van der Waals surface area contributed by atoms with E-state index in [0.717, 1.165) is 11.6 Å². The van der Waals surface area contributed by atoms with Crippen LogP contribution in [0.3, 0.4) is 0 Å². The molecule has 1 heterocycles. The van der Waals surface area contributed by atoms with Crippen molar-refractivity contribution in [2.75, 3.05) is 10.0 Å². The molecule has 0 saturated carbocycles. The predicted octanol–water partition coefficient (Wildman–Crippen LogP) is 4.70. The van der Waals surface area contributed by atoms with Gasteiger partial charge in [0.05, 0.1) is 20.9 Å². The molecule has 0 unspecified atom stereocenters. The number of nitrogens with zero attached hydrogens (tertiary/aromatic N) is 3. The highest BCUT2D eigenvalue weighted by molar-refractivity contribution is 7.92. The Hall–Kier alpha value is -4.05. The normalized spacial score (nSPS) is 11.3. The Morgan fingerprint density at radius 1 is 0.875 bits per heavy atom. The Labute approximate surface area is 184 Å². The maximum atomic E-state index is 13.2. The molecule has 10 heteroatoms. The molecule has 0 radical (unpaired) electrons. The van der Waals surface area contributed by atoms with Crippen LogP contribution in [0.1, 0.15) is 11.1 Å². The highest BCUT2D eigenvalue weighted by atomic mass is 32.2. The van der Waals surface area contributed by atoms with Crippen LogP contribution in [-0.4, -0.2) is 23.3 Å². The SMILES string of the molecule is Cc1ccc(Nc2nc3ccccc3nc2NS(=O)(=O)c2cc([N+](=O)[O-])ccc2C)cc1. The van der Waals surface area contributed by atoms with Crippen LogP contribution in [0.4, 0.5) is 23.0 Å². The maximum absolute atomic E-state index is 13.2. The lowest BCUT2D eigenvalue weighted by Gasteiger charge is -2.15. The molecular formula is C22H19N5O4S. The number of fused-ring (bicyclic) bond motifs is 1. The third kappa shape index (κ3) is 4.35. The summed E-state index contributed by atoms with van der Waals surface area (Å²) in [4.78, 5) is 19.3. The molecule has 0 fully saturated rings. The molecule has 9 nitrogen and oxygen atoms in total. The summed E-state index contributed by atoms with van der Waals surface area (Å²) in [6.45, 7) is 3.52. The fourth-order valence-electron chi connectivity index (χ4n) is 3.11. The summed E-state index contributed by atoms with van der Waals surface area (Å²) in [7, 11) is -4.19. The van der Waals surface area contributed by atoms with E-state index in [9.17, 15) is 18.5 Å². The molecule has 0 aliphatic heterocycles. The Morgan fingerprint density at radius 2 is 1.50 bits per heavy atom. The quantitative estimate of drug-likeness (QED) is 0.323. The Balaban J connectivity index is 1.80. The van der Waals surface area contributed by atoms with E-state index in [-0.39, 0.29) is 22.2 Å². The lowest BCUT2D eigenvalue weighted by atomic mass is 10.2. The third-order valence-electron chi connectivity index (χ3n) is 4.79. The predicted molar refractivity (Wildman–Crippen MR) is 123 cm³/mol. The van der Waals surface area contributed by atoms with E-state index in [1.165, 1.54) is 12.1 Å². The van der Waals surface area contributed by atoms with Crippen molar-refractivity contribution >= 4 is 44.1 Å². The number of nitro groups is 1. The number of hydrogen-bond donors (Lipinski definition) is 2. The summed E-state index contributed by atoms with van der Waals surface area (Å²) in [6.07, 6.45) is 0. The summed E-state index contributed by atoms with van der Waals surface area (Å²) in [6, 6.07) is 18.2. The number of benzene rings is 3. The van der Waals surface area contributed by atoms with Gasteiger partial charge in [-0.05, 0) is 43.7 Å². The summed E-state index contributed by atoms with van der Waals surface area (Å²) < 4.78 is 28.8. The van der Waals surface area contributed by atoms with Gasteiger partial charge in [0, 0.05) is 17.8 Å². The second kappa shape index (κ2) is 8.23. The van der Waals surface area contributed by atoms with Crippen molar-refractivity contribution < 1.29 is 13.3 Å². The van der Waals surface area contributed by atoms with Gasteiger partial charge in [0.1, 0.15) is 0 Å². The first kappa shape index (κ1) is 21.2. The van der Waals surface area contributed by atoms with Gasteiger partial charge in [-0.1, -0.05) is 35.9 Å². The van der Waals surface area contributed by atoms with Crippen molar-refractivity contribution in [3.8, 4) is 0 Å². The molecule has 0 aliphatic carbocycles. The van der Waals surface area contributed by atoms with E-state index in [1.54, 1.807) is 25.1 Å². The summed E-state index contributed by atoms with van der Waals surface area (Å²) in [5, 5.41) is 14.2. The van der Waals surface area contributed by atoms with Gasteiger partial charge in [-0.25, -0.2) is 18.4 Å². The molecule has 0 saturated heterocycles. The number of para-hydroxylation sites is 2. The molecule has 0 aliphatic rings. The number of hydrogen-bond acceptors (Lipinski definition) is 7. The Morgan fingerprint density at radius 3 is 2.12 bits per heavy atom. The van der Waals surface area contributed by atoms with Crippen LogP contribution in [0.15, 0.2) is 71.6 Å². The molecule has 1 aromatic heterocycles. The van der Waals surface area contributed by atoms with Crippen molar-refractivity contribution in [1.82, 2.24) is 9.97 Å². The average Bonchev–Trinajstić information content (AvgIpc) is 2.75. The van der Waals surface area contributed by atoms with Crippen molar-refractivity contribution in [3.63, 3.8) is 0 Å².